The van der Waals surface area contributed by atoms with Crippen LogP contribution in [0.2, 0.25) is 0 Å². The Labute approximate surface area is 113 Å². The van der Waals surface area contributed by atoms with E-state index in [0.29, 0.717) is 0 Å². The number of nitrogens with two attached hydrogens (primary N) is 1. The maximum atomic E-state index is 13.0. The van der Waals surface area contributed by atoms with Gasteiger partial charge in [0, 0.05) is 11.5 Å². The molecule has 0 spiro atoms. The zero-order valence-electron chi connectivity index (χ0n) is 10.9. The minimum Gasteiger partial charge on any atom is -0.323 e. The lowest BCUT2D eigenvalue weighted by Crippen LogP contribution is -2.44. The molecule has 1 nitrogen and oxygen atoms in total. The lowest BCUT2D eigenvalue weighted by molar-refractivity contribution is 0.196. The van der Waals surface area contributed by atoms with Crippen LogP contribution in [-0.4, -0.2) is 0 Å². The molecule has 0 amide bonds. The van der Waals surface area contributed by atoms with Gasteiger partial charge >= 0.3 is 0 Å². The van der Waals surface area contributed by atoms with Gasteiger partial charge in [-0.15, -0.1) is 0 Å². The molecule has 98 valence electrons. The Balaban J connectivity index is 1.96. The quantitative estimate of drug-likeness (QED) is 0.883. The standard InChI is InChI=1S/C17H18FN/c18-15-9-7-13(8-10-15)16(19)17(11-4-12-17)14-5-2-1-3-6-14/h1-3,5-10,16H,4,11-12,19H2. The van der Waals surface area contributed by atoms with E-state index in [1.165, 1.54) is 24.1 Å². The Bertz CT molecular complexity index is 543. The highest BCUT2D eigenvalue weighted by atomic mass is 19.1. The number of rotatable bonds is 3. The first kappa shape index (κ1) is 12.4. The van der Waals surface area contributed by atoms with Crippen molar-refractivity contribution < 1.29 is 4.39 Å². The molecule has 19 heavy (non-hydrogen) atoms. The molecule has 2 N–H and O–H groups in total. The number of hydrogen-bond donors (Lipinski definition) is 1. The molecule has 1 saturated carbocycles. The first-order valence-corrected chi connectivity index (χ1v) is 6.79. The SMILES string of the molecule is NC(c1ccc(F)cc1)C1(c2ccccc2)CCC1. The molecule has 1 aliphatic carbocycles. The average Bonchev–Trinajstić information content (AvgIpc) is 2.39. The van der Waals surface area contributed by atoms with Crippen LogP contribution in [0.1, 0.15) is 36.4 Å². The van der Waals surface area contributed by atoms with Gasteiger partial charge in [0.2, 0.25) is 0 Å². The normalized spacial score (nSPS) is 18.6. The summed E-state index contributed by atoms with van der Waals surface area (Å²) in [5, 5.41) is 0. The van der Waals surface area contributed by atoms with E-state index in [9.17, 15) is 4.39 Å². The van der Waals surface area contributed by atoms with Crippen LogP contribution in [0.3, 0.4) is 0 Å². The first-order valence-electron chi connectivity index (χ1n) is 6.79. The molecule has 2 aromatic carbocycles. The molecule has 0 saturated heterocycles. The van der Waals surface area contributed by atoms with E-state index >= 15 is 0 Å². The van der Waals surface area contributed by atoms with Crippen LogP contribution < -0.4 is 5.73 Å². The van der Waals surface area contributed by atoms with Gasteiger partial charge in [-0.25, -0.2) is 4.39 Å². The molecule has 1 fully saturated rings. The molecule has 0 radical (unpaired) electrons. The van der Waals surface area contributed by atoms with Gasteiger partial charge in [0.1, 0.15) is 5.82 Å². The second-order valence-electron chi connectivity index (χ2n) is 5.40. The summed E-state index contributed by atoms with van der Waals surface area (Å²) in [6.07, 6.45) is 3.43. The summed E-state index contributed by atoms with van der Waals surface area (Å²) in [6.45, 7) is 0. The molecule has 0 aromatic heterocycles. The maximum absolute atomic E-state index is 13.0. The van der Waals surface area contributed by atoms with Crippen molar-refractivity contribution in [2.24, 2.45) is 5.73 Å². The molecule has 1 atom stereocenters. The summed E-state index contributed by atoms with van der Waals surface area (Å²) in [6, 6.07) is 17.0. The molecule has 1 aliphatic rings. The lowest BCUT2D eigenvalue weighted by atomic mass is 9.59. The number of hydrogen-bond acceptors (Lipinski definition) is 1. The smallest absolute Gasteiger partial charge is 0.123 e. The van der Waals surface area contributed by atoms with Gasteiger partial charge in [0.15, 0.2) is 0 Å². The van der Waals surface area contributed by atoms with Crippen molar-refractivity contribution >= 4 is 0 Å². The Hall–Kier alpha value is -1.67. The van der Waals surface area contributed by atoms with Crippen molar-refractivity contribution in [3.8, 4) is 0 Å². The molecule has 2 heteroatoms. The second-order valence-corrected chi connectivity index (χ2v) is 5.40. The van der Waals surface area contributed by atoms with E-state index in [2.05, 4.69) is 24.3 Å². The highest BCUT2D eigenvalue weighted by Gasteiger charge is 2.44. The molecular formula is C17H18FN. The van der Waals surface area contributed by atoms with Crippen molar-refractivity contribution in [2.45, 2.75) is 30.7 Å². The Morgan fingerprint density at radius 1 is 0.947 bits per heavy atom. The molecular weight excluding hydrogens is 237 g/mol. The summed E-state index contributed by atoms with van der Waals surface area (Å²) in [7, 11) is 0. The fourth-order valence-corrected chi connectivity index (χ4v) is 3.10. The summed E-state index contributed by atoms with van der Waals surface area (Å²) in [4.78, 5) is 0. The van der Waals surface area contributed by atoms with Gasteiger partial charge in [-0.2, -0.15) is 0 Å². The fraction of sp³-hybridized carbons (Fsp3) is 0.294. The van der Waals surface area contributed by atoms with Gasteiger partial charge in [-0.05, 0) is 36.1 Å². The largest absolute Gasteiger partial charge is 0.323 e. The van der Waals surface area contributed by atoms with E-state index < -0.39 is 0 Å². The third-order valence-corrected chi connectivity index (χ3v) is 4.42. The Kier molecular flexibility index (Phi) is 3.11. The minimum atomic E-state index is -0.210. The molecule has 0 aliphatic heterocycles. The van der Waals surface area contributed by atoms with Crippen LogP contribution in [-0.2, 0) is 5.41 Å². The average molecular weight is 255 g/mol. The maximum Gasteiger partial charge on any atom is 0.123 e. The van der Waals surface area contributed by atoms with Crippen LogP contribution in [0.5, 0.6) is 0 Å². The second kappa shape index (κ2) is 4.78. The highest BCUT2D eigenvalue weighted by Crippen LogP contribution is 2.50. The zero-order valence-corrected chi connectivity index (χ0v) is 10.9. The number of benzene rings is 2. The highest BCUT2D eigenvalue weighted by molar-refractivity contribution is 5.35. The van der Waals surface area contributed by atoms with Crippen LogP contribution >= 0.6 is 0 Å². The summed E-state index contributed by atoms with van der Waals surface area (Å²) >= 11 is 0. The topological polar surface area (TPSA) is 26.0 Å². The van der Waals surface area contributed by atoms with Crippen LogP contribution in [0.15, 0.2) is 54.6 Å². The van der Waals surface area contributed by atoms with Gasteiger partial charge in [0.25, 0.3) is 0 Å². The van der Waals surface area contributed by atoms with Crippen LogP contribution in [0.25, 0.3) is 0 Å². The van der Waals surface area contributed by atoms with Crippen molar-refractivity contribution in [1.29, 1.82) is 0 Å². The van der Waals surface area contributed by atoms with Crippen molar-refractivity contribution in [3.63, 3.8) is 0 Å². The molecule has 0 heterocycles. The van der Waals surface area contributed by atoms with Crippen molar-refractivity contribution in [2.75, 3.05) is 0 Å². The third-order valence-electron chi connectivity index (χ3n) is 4.42. The Morgan fingerprint density at radius 3 is 2.11 bits per heavy atom. The van der Waals surface area contributed by atoms with E-state index in [-0.39, 0.29) is 17.3 Å². The lowest BCUT2D eigenvalue weighted by Gasteiger charge is -2.47. The summed E-state index contributed by atoms with van der Waals surface area (Å²) in [5.41, 5.74) is 8.84. The predicted octanol–water partition coefficient (Wildman–Crippen LogP) is 3.95. The fourth-order valence-electron chi connectivity index (χ4n) is 3.10. The summed E-state index contributed by atoms with van der Waals surface area (Å²) in [5.74, 6) is -0.210. The van der Waals surface area contributed by atoms with Crippen molar-refractivity contribution in [3.05, 3.63) is 71.5 Å². The van der Waals surface area contributed by atoms with Crippen LogP contribution in [0, 0.1) is 5.82 Å². The minimum absolute atomic E-state index is 0.0269. The molecule has 0 bridgehead atoms. The van der Waals surface area contributed by atoms with Crippen molar-refractivity contribution in [1.82, 2.24) is 0 Å². The van der Waals surface area contributed by atoms with Gasteiger partial charge < -0.3 is 5.73 Å². The summed E-state index contributed by atoms with van der Waals surface area (Å²) < 4.78 is 13.0. The first-order chi connectivity index (χ1) is 9.22. The number of halogens is 1. The molecule has 3 rings (SSSR count). The van der Waals surface area contributed by atoms with Crippen LogP contribution in [0.4, 0.5) is 4.39 Å². The van der Waals surface area contributed by atoms with Gasteiger partial charge in [-0.3, -0.25) is 0 Å². The molecule has 2 aromatic rings. The predicted molar refractivity (Wildman–Crippen MR) is 75.3 cm³/mol. The van der Waals surface area contributed by atoms with Gasteiger partial charge in [-0.1, -0.05) is 48.9 Å². The monoisotopic (exact) mass is 255 g/mol. The van der Waals surface area contributed by atoms with E-state index in [4.69, 9.17) is 5.73 Å². The molecule has 1 unspecified atom stereocenters. The Morgan fingerprint density at radius 2 is 1.58 bits per heavy atom. The van der Waals surface area contributed by atoms with E-state index in [1.54, 1.807) is 0 Å². The van der Waals surface area contributed by atoms with E-state index in [1.807, 2.05) is 18.2 Å². The van der Waals surface area contributed by atoms with Gasteiger partial charge in [0.05, 0.1) is 0 Å². The van der Waals surface area contributed by atoms with E-state index in [0.717, 1.165) is 18.4 Å². The zero-order chi connectivity index (χ0) is 13.3. The third kappa shape index (κ3) is 2.06.